The topological polar surface area (TPSA) is 70.2 Å². The molecule has 158 valence electrons. The number of hydrogen-bond acceptors (Lipinski definition) is 3. The average Bonchev–Trinajstić information content (AvgIpc) is 2.75. The van der Waals surface area contributed by atoms with Crippen molar-refractivity contribution in [1.29, 1.82) is 0 Å². The Morgan fingerprint density at radius 1 is 0.903 bits per heavy atom. The number of hydrogen-bond donors (Lipinski definition) is 3. The molecule has 0 heterocycles. The second kappa shape index (κ2) is 10.7. The van der Waals surface area contributed by atoms with Crippen molar-refractivity contribution in [1.82, 2.24) is 5.32 Å². The van der Waals surface area contributed by atoms with Gasteiger partial charge in [0, 0.05) is 28.4 Å². The molecule has 0 fully saturated rings. The van der Waals surface area contributed by atoms with Gasteiger partial charge >= 0.3 is 0 Å². The Morgan fingerprint density at radius 3 is 2.39 bits per heavy atom. The van der Waals surface area contributed by atoms with E-state index in [2.05, 4.69) is 16.0 Å². The lowest BCUT2D eigenvalue weighted by Gasteiger charge is -2.11. The molecular weight excluding hydrogens is 437 g/mol. The second-order valence-corrected chi connectivity index (χ2v) is 7.45. The van der Waals surface area contributed by atoms with Gasteiger partial charge in [0.05, 0.1) is 0 Å². The zero-order chi connectivity index (χ0) is 22.2. The number of anilines is 2. The molecule has 0 aromatic heterocycles. The summed E-state index contributed by atoms with van der Waals surface area (Å²) in [6.07, 6.45) is 0.721. The van der Waals surface area contributed by atoms with E-state index in [0.717, 1.165) is 5.56 Å². The van der Waals surface area contributed by atoms with Gasteiger partial charge in [-0.25, -0.2) is 4.39 Å². The number of amides is 2. The predicted octanol–water partition coefficient (Wildman–Crippen LogP) is 5.18. The lowest BCUT2D eigenvalue weighted by Crippen LogP contribution is -2.34. The highest BCUT2D eigenvalue weighted by Gasteiger charge is 2.10. The first-order valence-electron chi connectivity index (χ1n) is 9.42. The van der Waals surface area contributed by atoms with Crippen LogP contribution in [0.5, 0.6) is 0 Å². The van der Waals surface area contributed by atoms with E-state index in [9.17, 15) is 14.0 Å². The molecule has 3 N–H and O–H groups in total. The number of nitrogens with one attached hydrogen (secondary N) is 3. The van der Waals surface area contributed by atoms with Crippen LogP contribution in [-0.2, 0) is 11.2 Å². The summed E-state index contributed by atoms with van der Waals surface area (Å²) < 4.78 is 13.0. The van der Waals surface area contributed by atoms with Crippen LogP contribution in [0.25, 0.3) is 0 Å². The SMILES string of the molecule is O=C(CCc1ccccc1Cl)NC(=S)Nc1cccc(C(=O)Nc2ccc(F)cc2)c1. The summed E-state index contributed by atoms with van der Waals surface area (Å²) in [4.78, 5) is 24.6. The molecule has 0 atom stereocenters. The summed E-state index contributed by atoms with van der Waals surface area (Å²) in [5.74, 6) is -0.987. The Hall–Kier alpha value is -3.29. The number of carbonyl (C=O) groups excluding carboxylic acids is 2. The van der Waals surface area contributed by atoms with Crippen LogP contribution >= 0.6 is 23.8 Å². The van der Waals surface area contributed by atoms with Crippen LogP contribution in [-0.4, -0.2) is 16.9 Å². The first kappa shape index (κ1) is 22.4. The van der Waals surface area contributed by atoms with Crippen molar-refractivity contribution in [3.63, 3.8) is 0 Å². The van der Waals surface area contributed by atoms with Gasteiger partial charge in [-0.15, -0.1) is 0 Å². The van der Waals surface area contributed by atoms with Crippen LogP contribution in [0.15, 0.2) is 72.8 Å². The van der Waals surface area contributed by atoms with E-state index in [1.54, 1.807) is 30.3 Å². The minimum absolute atomic E-state index is 0.125. The maximum absolute atomic E-state index is 13.0. The van der Waals surface area contributed by atoms with Crippen molar-refractivity contribution in [2.24, 2.45) is 0 Å². The minimum Gasteiger partial charge on any atom is -0.332 e. The summed E-state index contributed by atoms with van der Waals surface area (Å²) in [7, 11) is 0. The highest BCUT2D eigenvalue weighted by Crippen LogP contribution is 2.17. The van der Waals surface area contributed by atoms with Crippen molar-refractivity contribution in [2.45, 2.75) is 12.8 Å². The van der Waals surface area contributed by atoms with Crippen molar-refractivity contribution in [2.75, 3.05) is 10.6 Å². The molecule has 5 nitrogen and oxygen atoms in total. The Bertz CT molecular complexity index is 1110. The van der Waals surface area contributed by atoms with Crippen LogP contribution in [0.2, 0.25) is 5.02 Å². The van der Waals surface area contributed by atoms with E-state index in [1.807, 2.05) is 18.2 Å². The molecule has 8 heteroatoms. The molecule has 0 saturated heterocycles. The lowest BCUT2D eigenvalue weighted by atomic mass is 10.1. The first-order chi connectivity index (χ1) is 14.9. The van der Waals surface area contributed by atoms with E-state index < -0.39 is 0 Å². The van der Waals surface area contributed by atoms with Gasteiger partial charge in [0.25, 0.3) is 5.91 Å². The third kappa shape index (κ3) is 6.87. The summed E-state index contributed by atoms with van der Waals surface area (Å²) in [6, 6.07) is 19.5. The van der Waals surface area contributed by atoms with Crippen molar-refractivity contribution >= 4 is 52.1 Å². The largest absolute Gasteiger partial charge is 0.332 e. The minimum atomic E-state index is -0.383. The van der Waals surface area contributed by atoms with E-state index >= 15 is 0 Å². The van der Waals surface area contributed by atoms with Crippen LogP contribution in [0.4, 0.5) is 15.8 Å². The normalized spacial score (nSPS) is 10.3. The molecule has 0 bridgehead atoms. The smallest absolute Gasteiger partial charge is 0.255 e. The number of halogens is 2. The quantitative estimate of drug-likeness (QED) is 0.448. The van der Waals surface area contributed by atoms with E-state index in [4.69, 9.17) is 23.8 Å². The highest BCUT2D eigenvalue weighted by molar-refractivity contribution is 7.80. The Kier molecular flexibility index (Phi) is 7.70. The number of benzene rings is 3. The van der Waals surface area contributed by atoms with Gasteiger partial charge in [-0.2, -0.15) is 0 Å². The molecule has 0 spiro atoms. The molecule has 0 unspecified atom stereocenters. The number of rotatable bonds is 6. The maximum atomic E-state index is 13.0. The Labute approximate surface area is 189 Å². The van der Waals surface area contributed by atoms with Crippen molar-refractivity contribution in [3.8, 4) is 0 Å². The van der Waals surface area contributed by atoms with Gasteiger partial charge in [-0.05, 0) is 72.7 Å². The Balaban J connectivity index is 1.53. The van der Waals surface area contributed by atoms with Crippen molar-refractivity contribution < 1.29 is 14.0 Å². The van der Waals surface area contributed by atoms with Gasteiger partial charge < -0.3 is 16.0 Å². The number of thiocarbonyl (C=S) groups is 1. The summed E-state index contributed by atoms with van der Waals surface area (Å²) in [5, 5.41) is 8.94. The molecule has 2 amide bonds. The fourth-order valence-electron chi connectivity index (χ4n) is 2.78. The third-order valence-corrected chi connectivity index (χ3v) is 4.89. The molecular formula is C23H19ClFN3O2S. The van der Waals surface area contributed by atoms with Gasteiger partial charge in [0.15, 0.2) is 5.11 Å². The van der Waals surface area contributed by atoms with Crippen LogP contribution in [0.1, 0.15) is 22.3 Å². The van der Waals surface area contributed by atoms with Crippen LogP contribution < -0.4 is 16.0 Å². The van der Waals surface area contributed by atoms with E-state index in [1.165, 1.54) is 24.3 Å². The summed E-state index contributed by atoms with van der Waals surface area (Å²) >= 11 is 11.3. The maximum Gasteiger partial charge on any atom is 0.255 e. The molecule has 31 heavy (non-hydrogen) atoms. The molecule has 0 aliphatic rings. The van der Waals surface area contributed by atoms with Crippen molar-refractivity contribution in [3.05, 3.63) is 94.8 Å². The third-order valence-electron chi connectivity index (χ3n) is 4.32. The molecule has 0 saturated carbocycles. The van der Waals surface area contributed by atoms with Gasteiger partial charge in [0.2, 0.25) is 5.91 Å². The molecule has 3 rings (SSSR count). The molecule has 0 aliphatic carbocycles. The number of carbonyl (C=O) groups is 2. The van der Waals surface area contributed by atoms with Gasteiger partial charge in [0.1, 0.15) is 5.82 Å². The fourth-order valence-corrected chi connectivity index (χ4v) is 3.24. The Morgan fingerprint density at radius 2 is 1.65 bits per heavy atom. The highest BCUT2D eigenvalue weighted by atomic mass is 35.5. The molecule has 3 aromatic rings. The molecule has 3 aromatic carbocycles. The van der Waals surface area contributed by atoms with Crippen LogP contribution in [0, 0.1) is 5.82 Å². The fraction of sp³-hybridized carbons (Fsp3) is 0.0870. The second-order valence-electron chi connectivity index (χ2n) is 6.64. The standard InChI is InChI=1S/C23H19ClFN3O2S/c24-20-7-2-1-4-15(20)8-13-21(29)28-23(31)27-19-6-3-5-16(14-19)22(30)26-18-11-9-17(25)10-12-18/h1-7,9-12,14H,8,13H2,(H,26,30)(H2,27,28,29,31). The zero-order valence-corrected chi connectivity index (χ0v) is 17.9. The monoisotopic (exact) mass is 455 g/mol. The molecule has 0 aliphatic heterocycles. The summed E-state index contributed by atoms with van der Waals surface area (Å²) in [5.41, 5.74) is 2.29. The van der Waals surface area contributed by atoms with Gasteiger partial charge in [-0.1, -0.05) is 35.9 Å². The summed E-state index contributed by atoms with van der Waals surface area (Å²) in [6.45, 7) is 0. The van der Waals surface area contributed by atoms with E-state index in [-0.39, 0.29) is 29.2 Å². The van der Waals surface area contributed by atoms with Crippen LogP contribution in [0.3, 0.4) is 0 Å². The predicted molar refractivity (Wildman–Crippen MR) is 125 cm³/mol. The lowest BCUT2D eigenvalue weighted by molar-refractivity contribution is -0.119. The zero-order valence-electron chi connectivity index (χ0n) is 16.3. The van der Waals surface area contributed by atoms with Gasteiger partial charge in [-0.3, -0.25) is 9.59 Å². The molecule has 0 radical (unpaired) electrons. The van der Waals surface area contributed by atoms with E-state index in [0.29, 0.717) is 28.4 Å². The number of aryl methyl sites for hydroxylation is 1. The average molecular weight is 456 g/mol. The first-order valence-corrected chi connectivity index (χ1v) is 10.2.